The molecule has 0 spiro atoms. The van der Waals surface area contributed by atoms with E-state index in [-0.39, 0.29) is 29.0 Å². The van der Waals surface area contributed by atoms with Crippen molar-refractivity contribution in [3.05, 3.63) is 65.7 Å². The summed E-state index contributed by atoms with van der Waals surface area (Å²) in [6.07, 6.45) is 1.11. The molecule has 0 N–H and O–H groups in total. The first-order valence-electron chi connectivity index (χ1n) is 13.1. The number of aldehydes is 1. The van der Waals surface area contributed by atoms with Gasteiger partial charge < -0.3 is 4.79 Å². The van der Waals surface area contributed by atoms with E-state index in [9.17, 15) is 13.2 Å². The topological polar surface area (TPSA) is 54.5 Å². The first-order valence-corrected chi connectivity index (χ1v) is 21.7. The molecule has 0 aromatic heterocycles. The van der Waals surface area contributed by atoms with E-state index in [1.807, 2.05) is 56.3 Å². The molecule has 0 radical (unpaired) electrons. The number of hydrogen-bond donors (Lipinski definition) is 0. The zero-order chi connectivity index (χ0) is 27.5. The van der Waals surface area contributed by atoms with E-state index in [2.05, 4.69) is 53.1 Å². The van der Waals surface area contributed by atoms with Crippen molar-refractivity contribution < 1.29 is 13.2 Å². The third-order valence-electron chi connectivity index (χ3n) is 7.70. The Hall–Kier alpha value is -1.55. The molecule has 7 heteroatoms. The van der Waals surface area contributed by atoms with Crippen LogP contribution in [0.15, 0.2) is 59.5 Å². The van der Waals surface area contributed by atoms with Gasteiger partial charge in [-0.15, -0.1) is 0 Å². The molecule has 0 bridgehead atoms. The van der Waals surface area contributed by atoms with Crippen LogP contribution in [0.25, 0.3) is 0 Å². The highest BCUT2D eigenvalue weighted by Crippen LogP contribution is 2.48. The molecule has 2 rings (SSSR count). The lowest BCUT2D eigenvalue weighted by atomic mass is 9.91. The summed E-state index contributed by atoms with van der Waals surface area (Å²) >= 11 is 0. The molecule has 0 heterocycles. The lowest BCUT2D eigenvalue weighted by Crippen LogP contribution is -2.52. The van der Waals surface area contributed by atoms with Crippen molar-refractivity contribution in [2.45, 2.75) is 95.5 Å². The molecular weight excluding hydrogens is 499 g/mol. The quantitative estimate of drug-likeness (QED) is 0.205. The molecule has 0 aliphatic rings. The Balaban J connectivity index is 2.68. The number of carbonyl (C=O) groups is 1. The molecule has 0 unspecified atom stereocenters. The largest absolute Gasteiger partial charge is 0.303 e. The minimum atomic E-state index is -3.74. The van der Waals surface area contributed by atoms with Gasteiger partial charge in [-0.25, -0.2) is 8.42 Å². The fourth-order valence-corrected chi connectivity index (χ4v) is 15.3. The Morgan fingerprint density at radius 2 is 1.31 bits per heavy atom. The normalized spacial score (nSPS) is 17.3. The van der Waals surface area contributed by atoms with Gasteiger partial charge in [-0.3, -0.25) is 0 Å². The van der Waals surface area contributed by atoms with Gasteiger partial charge in [-0.1, -0.05) is 101 Å². The summed E-state index contributed by atoms with van der Waals surface area (Å²) in [5, 5.41) is 0. The van der Waals surface area contributed by atoms with E-state index < -0.39 is 26.2 Å². The van der Waals surface area contributed by atoms with Crippen LogP contribution < -0.4 is 0 Å². The molecule has 0 fully saturated rings. The highest BCUT2D eigenvalue weighted by molar-refractivity contribution is 7.89. The zero-order valence-electron chi connectivity index (χ0n) is 23.9. The Kier molecular flexibility index (Phi) is 10.1. The first-order chi connectivity index (χ1) is 16.5. The van der Waals surface area contributed by atoms with Crippen LogP contribution in [0.2, 0.25) is 50.4 Å². The smallest absolute Gasteiger partial charge is 0.243 e. The highest BCUT2D eigenvalue weighted by Gasteiger charge is 2.47. The van der Waals surface area contributed by atoms with E-state index in [1.54, 1.807) is 16.4 Å². The van der Waals surface area contributed by atoms with E-state index in [0.717, 1.165) is 17.4 Å². The van der Waals surface area contributed by atoms with Crippen molar-refractivity contribution in [2.24, 2.45) is 11.8 Å². The number of hydrogen-bond acceptors (Lipinski definition) is 3. The Bertz CT molecular complexity index is 1090. The first kappa shape index (κ1) is 30.7. The number of benzene rings is 2. The molecular formula is C29H47NO3SSi2. The molecule has 0 aliphatic carbocycles. The highest BCUT2D eigenvalue weighted by atomic mass is 32.2. The molecule has 0 saturated carbocycles. The summed E-state index contributed by atoms with van der Waals surface area (Å²) in [7, 11) is -7.35. The molecule has 200 valence electrons. The van der Waals surface area contributed by atoms with E-state index in [4.69, 9.17) is 0 Å². The average molecular weight is 546 g/mol. The number of sulfonamides is 1. The predicted molar refractivity (Wildman–Crippen MR) is 158 cm³/mol. The van der Waals surface area contributed by atoms with Crippen molar-refractivity contribution in [1.82, 2.24) is 4.31 Å². The van der Waals surface area contributed by atoms with Gasteiger partial charge in [0.25, 0.3) is 0 Å². The monoisotopic (exact) mass is 545 g/mol. The number of aryl methyl sites for hydroxylation is 1. The van der Waals surface area contributed by atoms with Crippen LogP contribution in [0.4, 0.5) is 0 Å². The minimum Gasteiger partial charge on any atom is -0.303 e. The summed E-state index contributed by atoms with van der Waals surface area (Å²) in [6.45, 7) is 22.8. The van der Waals surface area contributed by atoms with Crippen molar-refractivity contribution in [2.75, 3.05) is 0 Å². The second-order valence-electron chi connectivity index (χ2n) is 12.7. The standard InChI is InChI=1S/C29H47NO3SSi2/c1-22-16-18-27(19-17-22)34(32,33)30(20-26-14-12-11-13-15-26)25(4)29(36(8,9)10)24(3)28(23(2)21-31)35(5,6)7/h11-19,21,23-25,28-29H,20H2,1-10H3/t23-,24+,25+,28-,29+/m1/s1. The summed E-state index contributed by atoms with van der Waals surface area (Å²) < 4.78 is 30.1. The van der Waals surface area contributed by atoms with Crippen LogP contribution in [-0.2, 0) is 21.4 Å². The Morgan fingerprint density at radius 3 is 1.75 bits per heavy atom. The van der Waals surface area contributed by atoms with Crippen molar-refractivity contribution in [3.8, 4) is 0 Å². The minimum absolute atomic E-state index is 0.0472. The molecule has 0 saturated heterocycles. The Labute approximate surface area is 222 Å². The van der Waals surface area contributed by atoms with Gasteiger partial charge in [0, 0.05) is 34.7 Å². The molecule has 0 amide bonds. The maximum absolute atomic E-state index is 14.2. The zero-order valence-corrected chi connectivity index (χ0v) is 26.8. The van der Waals surface area contributed by atoms with E-state index >= 15 is 0 Å². The van der Waals surface area contributed by atoms with Crippen LogP contribution in [0, 0.1) is 18.8 Å². The predicted octanol–water partition coefficient (Wildman–Crippen LogP) is 7.46. The van der Waals surface area contributed by atoms with Gasteiger partial charge in [0.2, 0.25) is 10.0 Å². The molecule has 2 aromatic carbocycles. The number of carbonyl (C=O) groups excluding carboxylic acids is 1. The van der Waals surface area contributed by atoms with Crippen LogP contribution in [-0.4, -0.2) is 41.2 Å². The molecule has 4 nitrogen and oxygen atoms in total. The van der Waals surface area contributed by atoms with Crippen LogP contribution in [0.3, 0.4) is 0 Å². The lowest BCUT2D eigenvalue weighted by Gasteiger charge is -2.48. The molecule has 0 aliphatic heterocycles. The summed E-state index contributed by atoms with van der Waals surface area (Å²) in [4.78, 5) is 12.3. The maximum Gasteiger partial charge on any atom is 0.243 e. The van der Waals surface area contributed by atoms with E-state index in [0.29, 0.717) is 11.4 Å². The SMILES string of the molecule is Cc1ccc(S(=O)(=O)N(Cc2ccccc2)[C@@H](C)[C@H]([C@@H](C)[C@@H]([C@H](C)C=O)[Si](C)(C)C)[Si](C)(C)C)cc1. The van der Waals surface area contributed by atoms with Gasteiger partial charge in [-0.05, 0) is 48.5 Å². The second kappa shape index (κ2) is 11.9. The number of nitrogens with zero attached hydrogens (tertiary/aromatic N) is 1. The van der Waals surface area contributed by atoms with Crippen LogP contribution in [0.1, 0.15) is 31.9 Å². The summed E-state index contributed by atoms with van der Waals surface area (Å²) in [5.74, 6) is 0.180. The fraction of sp³-hybridized carbons (Fsp3) is 0.552. The Morgan fingerprint density at radius 1 is 0.806 bits per heavy atom. The van der Waals surface area contributed by atoms with Crippen LogP contribution >= 0.6 is 0 Å². The van der Waals surface area contributed by atoms with Crippen LogP contribution in [0.5, 0.6) is 0 Å². The summed E-state index contributed by atoms with van der Waals surface area (Å²) in [6, 6.07) is 16.8. The molecule has 36 heavy (non-hydrogen) atoms. The van der Waals surface area contributed by atoms with Crippen molar-refractivity contribution in [1.29, 1.82) is 0 Å². The van der Waals surface area contributed by atoms with Gasteiger partial charge in [0.05, 0.1) is 4.90 Å². The number of rotatable bonds is 12. The lowest BCUT2D eigenvalue weighted by molar-refractivity contribution is -0.111. The third-order valence-corrected chi connectivity index (χ3v) is 15.7. The van der Waals surface area contributed by atoms with Crippen molar-refractivity contribution >= 4 is 32.5 Å². The molecule has 5 atom stereocenters. The van der Waals surface area contributed by atoms with Gasteiger partial charge in [0.15, 0.2) is 0 Å². The van der Waals surface area contributed by atoms with Gasteiger partial charge in [0.1, 0.15) is 6.29 Å². The van der Waals surface area contributed by atoms with Gasteiger partial charge in [-0.2, -0.15) is 4.31 Å². The van der Waals surface area contributed by atoms with Crippen molar-refractivity contribution in [3.63, 3.8) is 0 Å². The molecule has 2 aromatic rings. The van der Waals surface area contributed by atoms with Gasteiger partial charge >= 0.3 is 0 Å². The maximum atomic E-state index is 14.2. The fourth-order valence-electron chi connectivity index (χ4n) is 6.55. The third kappa shape index (κ3) is 7.27. The van der Waals surface area contributed by atoms with E-state index in [1.165, 1.54) is 0 Å². The second-order valence-corrected chi connectivity index (χ2v) is 25.4. The summed E-state index contributed by atoms with van der Waals surface area (Å²) in [5.41, 5.74) is 2.46. The average Bonchev–Trinajstić information content (AvgIpc) is 2.76.